The summed E-state index contributed by atoms with van der Waals surface area (Å²) >= 11 is 0. The Kier molecular flexibility index (Phi) is 4.37. The number of hydrogen-bond acceptors (Lipinski definition) is 4. The molecule has 0 aliphatic rings. The smallest absolute Gasteiger partial charge is 0.292 e. The van der Waals surface area contributed by atoms with E-state index in [1.807, 2.05) is 19.9 Å². The van der Waals surface area contributed by atoms with Crippen LogP contribution >= 0.6 is 0 Å². The van der Waals surface area contributed by atoms with Gasteiger partial charge in [0, 0.05) is 30.4 Å². The first-order chi connectivity index (χ1) is 10.0. The van der Waals surface area contributed by atoms with Gasteiger partial charge in [-0.1, -0.05) is 12.1 Å². The zero-order valence-electron chi connectivity index (χ0n) is 12.0. The van der Waals surface area contributed by atoms with Crippen molar-refractivity contribution >= 4 is 11.4 Å². The van der Waals surface area contributed by atoms with Gasteiger partial charge in [-0.2, -0.15) is 0 Å². The number of aromatic nitrogens is 1. The number of nitrogens with zero attached hydrogens (tertiary/aromatic N) is 2. The normalized spacial score (nSPS) is 10.4. The second kappa shape index (κ2) is 6.21. The molecule has 0 saturated carbocycles. The lowest BCUT2D eigenvalue weighted by Crippen LogP contribution is -2.20. The van der Waals surface area contributed by atoms with Gasteiger partial charge >= 0.3 is 0 Å². The maximum atomic E-state index is 11.9. The number of pyridine rings is 1. The van der Waals surface area contributed by atoms with Gasteiger partial charge in [-0.25, -0.2) is 0 Å². The fourth-order valence-corrected chi connectivity index (χ4v) is 2.17. The third-order valence-electron chi connectivity index (χ3n) is 3.17. The monoisotopic (exact) mass is 287 g/mol. The van der Waals surface area contributed by atoms with Crippen molar-refractivity contribution in [3.8, 4) is 0 Å². The molecule has 2 rings (SSSR count). The summed E-state index contributed by atoms with van der Waals surface area (Å²) in [6.45, 7) is 4.59. The van der Waals surface area contributed by atoms with Gasteiger partial charge in [0.1, 0.15) is 5.69 Å². The van der Waals surface area contributed by atoms with Gasteiger partial charge in [0.2, 0.25) is 0 Å². The second-order valence-corrected chi connectivity index (χ2v) is 4.77. The third-order valence-corrected chi connectivity index (χ3v) is 3.17. The summed E-state index contributed by atoms with van der Waals surface area (Å²) in [5, 5.41) is 14.1. The summed E-state index contributed by atoms with van der Waals surface area (Å²) in [6.07, 6.45) is 1.70. The standard InChI is InChI=1S/C15H17N3O3/c1-3-16-15-12(5-4-6-13(15)18(20)21)10-17-8-7-11(2)9-14(17)19/h4-9,16H,3,10H2,1-2H3. The molecule has 110 valence electrons. The lowest BCUT2D eigenvalue weighted by Gasteiger charge is -2.12. The molecule has 1 N–H and O–H groups in total. The van der Waals surface area contributed by atoms with Crippen LogP contribution < -0.4 is 10.9 Å². The van der Waals surface area contributed by atoms with E-state index in [4.69, 9.17) is 0 Å². The van der Waals surface area contributed by atoms with Crippen LogP contribution in [-0.2, 0) is 6.54 Å². The van der Waals surface area contributed by atoms with Crippen LogP contribution in [0.15, 0.2) is 41.3 Å². The lowest BCUT2D eigenvalue weighted by atomic mass is 10.1. The predicted molar refractivity (Wildman–Crippen MR) is 81.8 cm³/mol. The molecule has 21 heavy (non-hydrogen) atoms. The van der Waals surface area contributed by atoms with Crippen LogP contribution in [0.4, 0.5) is 11.4 Å². The van der Waals surface area contributed by atoms with Crippen molar-refractivity contribution in [2.24, 2.45) is 0 Å². The lowest BCUT2D eigenvalue weighted by molar-refractivity contribution is -0.384. The van der Waals surface area contributed by atoms with Gasteiger partial charge in [0.25, 0.3) is 11.2 Å². The van der Waals surface area contributed by atoms with Crippen molar-refractivity contribution in [2.45, 2.75) is 20.4 Å². The number of aryl methyl sites for hydroxylation is 1. The second-order valence-electron chi connectivity index (χ2n) is 4.77. The summed E-state index contributed by atoms with van der Waals surface area (Å²) in [5.74, 6) is 0. The molecule has 1 aromatic carbocycles. The van der Waals surface area contributed by atoms with Gasteiger partial charge in [-0.05, 0) is 25.5 Å². The van der Waals surface area contributed by atoms with Crippen LogP contribution in [0.5, 0.6) is 0 Å². The highest BCUT2D eigenvalue weighted by Gasteiger charge is 2.17. The molecule has 6 heteroatoms. The van der Waals surface area contributed by atoms with Crippen molar-refractivity contribution in [1.82, 2.24) is 4.57 Å². The van der Waals surface area contributed by atoms with Crippen molar-refractivity contribution in [3.63, 3.8) is 0 Å². The first kappa shape index (κ1) is 14.8. The van der Waals surface area contributed by atoms with Crippen molar-refractivity contribution in [1.29, 1.82) is 0 Å². The van der Waals surface area contributed by atoms with E-state index >= 15 is 0 Å². The molecule has 0 amide bonds. The quantitative estimate of drug-likeness (QED) is 0.677. The summed E-state index contributed by atoms with van der Waals surface area (Å²) in [6, 6.07) is 8.26. The maximum Gasteiger partial charge on any atom is 0.292 e. The average molecular weight is 287 g/mol. The number of benzene rings is 1. The number of nitro benzene ring substituents is 1. The number of hydrogen-bond donors (Lipinski definition) is 1. The summed E-state index contributed by atoms with van der Waals surface area (Å²) < 4.78 is 1.53. The first-order valence-electron chi connectivity index (χ1n) is 6.70. The minimum Gasteiger partial charge on any atom is -0.379 e. The molecule has 1 aromatic heterocycles. The number of anilines is 1. The van der Waals surface area contributed by atoms with E-state index in [0.717, 1.165) is 11.1 Å². The summed E-state index contributed by atoms with van der Waals surface area (Å²) in [4.78, 5) is 22.6. The van der Waals surface area contributed by atoms with Crippen molar-refractivity contribution in [2.75, 3.05) is 11.9 Å². The van der Waals surface area contributed by atoms with Crippen molar-refractivity contribution < 1.29 is 4.92 Å². The van der Waals surface area contributed by atoms with Crippen LogP contribution in [-0.4, -0.2) is 16.0 Å². The SMILES string of the molecule is CCNc1c(Cn2ccc(C)cc2=O)cccc1[N+](=O)[O-]. The molecule has 0 fully saturated rings. The third kappa shape index (κ3) is 3.28. The Hall–Kier alpha value is -2.63. The molecular weight excluding hydrogens is 270 g/mol. The molecule has 0 atom stereocenters. The molecule has 0 saturated heterocycles. The molecule has 0 aliphatic carbocycles. The fraction of sp³-hybridized carbons (Fsp3) is 0.267. The Balaban J connectivity index is 2.46. The van der Waals surface area contributed by atoms with Gasteiger partial charge < -0.3 is 9.88 Å². The summed E-state index contributed by atoms with van der Waals surface area (Å²) in [7, 11) is 0. The van der Waals surface area contributed by atoms with Crippen LogP contribution in [0.3, 0.4) is 0 Å². The number of para-hydroxylation sites is 1. The molecule has 6 nitrogen and oxygen atoms in total. The van der Waals surface area contributed by atoms with E-state index in [0.29, 0.717) is 18.8 Å². The zero-order chi connectivity index (χ0) is 15.4. The van der Waals surface area contributed by atoms with E-state index in [2.05, 4.69) is 5.32 Å². The van der Waals surface area contributed by atoms with Crippen LogP contribution in [0.25, 0.3) is 0 Å². The highest BCUT2D eigenvalue weighted by molar-refractivity contribution is 5.66. The number of rotatable bonds is 5. The molecule has 0 bridgehead atoms. The van der Waals surface area contributed by atoms with Crippen LogP contribution in [0.2, 0.25) is 0 Å². The van der Waals surface area contributed by atoms with Gasteiger partial charge in [0.15, 0.2) is 0 Å². The average Bonchev–Trinajstić information content (AvgIpc) is 2.43. The maximum absolute atomic E-state index is 11.9. The highest BCUT2D eigenvalue weighted by Crippen LogP contribution is 2.28. The largest absolute Gasteiger partial charge is 0.379 e. The first-order valence-corrected chi connectivity index (χ1v) is 6.70. The van der Waals surface area contributed by atoms with Crippen LogP contribution in [0.1, 0.15) is 18.1 Å². The topological polar surface area (TPSA) is 77.2 Å². The van der Waals surface area contributed by atoms with E-state index < -0.39 is 4.92 Å². The number of nitro groups is 1. The van der Waals surface area contributed by atoms with E-state index in [1.165, 1.54) is 10.6 Å². The van der Waals surface area contributed by atoms with Gasteiger partial charge in [0.05, 0.1) is 11.5 Å². The Morgan fingerprint density at radius 1 is 1.33 bits per heavy atom. The molecule has 0 aliphatic heterocycles. The molecule has 2 aromatic rings. The fourth-order valence-electron chi connectivity index (χ4n) is 2.17. The molecule has 1 heterocycles. The number of nitrogens with one attached hydrogen (secondary N) is 1. The Labute approximate surface area is 122 Å². The van der Waals surface area contributed by atoms with E-state index in [1.54, 1.807) is 24.4 Å². The van der Waals surface area contributed by atoms with Gasteiger partial charge in [-0.15, -0.1) is 0 Å². The minimum absolute atomic E-state index is 0.0227. The predicted octanol–water partition coefficient (Wildman–Crippen LogP) is 2.55. The molecule has 0 spiro atoms. The van der Waals surface area contributed by atoms with Crippen molar-refractivity contribution in [3.05, 3.63) is 68.1 Å². The molecular formula is C15H17N3O3. The zero-order valence-corrected chi connectivity index (χ0v) is 12.0. The Bertz CT molecular complexity index is 722. The molecule has 0 radical (unpaired) electrons. The minimum atomic E-state index is -0.417. The molecule has 0 unspecified atom stereocenters. The highest BCUT2D eigenvalue weighted by atomic mass is 16.6. The van der Waals surface area contributed by atoms with E-state index in [9.17, 15) is 14.9 Å². The Morgan fingerprint density at radius 2 is 2.10 bits per heavy atom. The summed E-state index contributed by atoms with van der Waals surface area (Å²) in [5.41, 5.74) is 1.98. The van der Waals surface area contributed by atoms with E-state index in [-0.39, 0.29) is 11.2 Å². The van der Waals surface area contributed by atoms with Gasteiger partial charge in [-0.3, -0.25) is 14.9 Å². The van der Waals surface area contributed by atoms with Crippen LogP contribution in [0, 0.1) is 17.0 Å². The Morgan fingerprint density at radius 3 is 2.71 bits per heavy atom.